The van der Waals surface area contributed by atoms with Crippen molar-refractivity contribution in [3.8, 4) is 5.75 Å². The predicted octanol–water partition coefficient (Wildman–Crippen LogP) is 2.64. The summed E-state index contributed by atoms with van der Waals surface area (Å²) < 4.78 is 5.21. The fourth-order valence-electron chi connectivity index (χ4n) is 2.99. The first-order valence-corrected chi connectivity index (χ1v) is 6.84. The molecule has 3 saturated heterocycles. The highest BCUT2D eigenvalue weighted by atomic mass is 16.5. The minimum atomic E-state index is 0.259. The summed E-state index contributed by atoms with van der Waals surface area (Å²) in [6.45, 7) is 4.10. The maximum Gasteiger partial charge on any atom is 0.182 e. The van der Waals surface area contributed by atoms with Gasteiger partial charge in [-0.1, -0.05) is 6.07 Å². The molecule has 0 amide bonds. The van der Waals surface area contributed by atoms with Gasteiger partial charge in [0.15, 0.2) is 5.78 Å². The van der Waals surface area contributed by atoms with Gasteiger partial charge >= 0.3 is 0 Å². The average Bonchev–Trinajstić information content (AvgIpc) is 2.45. The van der Waals surface area contributed by atoms with E-state index in [1.54, 1.807) is 7.11 Å². The molecule has 0 radical (unpaired) electrons. The third kappa shape index (κ3) is 2.14. The zero-order chi connectivity index (χ0) is 13.4. The number of piperidine rings is 3. The summed E-state index contributed by atoms with van der Waals surface area (Å²) in [6, 6.07) is 5.98. The maximum atomic E-state index is 12.3. The average molecular weight is 257 g/mol. The van der Waals surface area contributed by atoms with Gasteiger partial charge in [0, 0.05) is 19.0 Å². The van der Waals surface area contributed by atoms with Crippen molar-refractivity contribution >= 4 is 11.9 Å². The number of carbonyl (C=O) groups is 1. The molecule has 19 heavy (non-hydrogen) atoms. The first-order valence-electron chi connectivity index (χ1n) is 6.84. The van der Waals surface area contributed by atoms with E-state index in [4.69, 9.17) is 4.74 Å². The van der Waals surface area contributed by atoms with Crippen LogP contribution in [0.4, 0.5) is 0 Å². The number of fused-ring (bicyclic) bond motifs is 3. The summed E-state index contributed by atoms with van der Waals surface area (Å²) in [7, 11) is 1.67. The summed E-state index contributed by atoms with van der Waals surface area (Å²) in [6.07, 6.45) is 4.10. The van der Waals surface area contributed by atoms with E-state index in [1.807, 2.05) is 24.3 Å². The molecule has 3 fully saturated rings. The number of Topliss-reactive ketones (excluding diaryl/α,β-unsaturated/α-hetero) is 1. The van der Waals surface area contributed by atoms with E-state index in [-0.39, 0.29) is 5.92 Å². The molecule has 2 bridgehead atoms. The van der Waals surface area contributed by atoms with E-state index in [0.717, 1.165) is 48.5 Å². The van der Waals surface area contributed by atoms with Crippen LogP contribution in [0, 0.1) is 12.8 Å². The molecule has 1 aromatic carbocycles. The molecule has 0 atom stereocenters. The predicted molar refractivity (Wildman–Crippen MR) is 75.0 cm³/mol. The van der Waals surface area contributed by atoms with Crippen LogP contribution in [0.5, 0.6) is 5.75 Å². The monoisotopic (exact) mass is 257 g/mol. The Morgan fingerprint density at radius 2 is 2.05 bits per heavy atom. The Labute approximate surface area is 113 Å². The Morgan fingerprint density at radius 3 is 2.63 bits per heavy atom. The molecular formula is C16H19NO2. The second kappa shape index (κ2) is 4.72. The van der Waals surface area contributed by atoms with Crippen LogP contribution >= 0.6 is 0 Å². The van der Waals surface area contributed by atoms with Gasteiger partial charge in [0.1, 0.15) is 5.75 Å². The number of ether oxygens (including phenoxy) is 1. The lowest BCUT2D eigenvalue weighted by Gasteiger charge is -2.41. The van der Waals surface area contributed by atoms with Gasteiger partial charge in [0.25, 0.3) is 0 Å². The van der Waals surface area contributed by atoms with Crippen molar-refractivity contribution in [3.63, 3.8) is 0 Å². The van der Waals surface area contributed by atoms with E-state index in [0.29, 0.717) is 5.78 Å². The minimum Gasteiger partial charge on any atom is -0.497 e. The van der Waals surface area contributed by atoms with Crippen LogP contribution in [0.3, 0.4) is 0 Å². The Morgan fingerprint density at radius 1 is 1.32 bits per heavy atom. The highest BCUT2D eigenvalue weighted by Crippen LogP contribution is 2.33. The van der Waals surface area contributed by atoms with Gasteiger partial charge in [0.05, 0.1) is 12.8 Å². The fraction of sp³-hybridized carbons (Fsp3) is 0.438. The van der Waals surface area contributed by atoms with Crippen LogP contribution in [-0.2, 0) is 4.79 Å². The van der Waals surface area contributed by atoms with E-state index < -0.39 is 0 Å². The van der Waals surface area contributed by atoms with Gasteiger partial charge < -0.3 is 9.64 Å². The first-order chi connectivity index (χ1) is 9.19. The van der Waals surface area contributed by atoms with Gasteiger partial charge in [0.2, 0.25) is 0 Å². The Bertz CT molecular complexity index is 540. The maximum absolute atomic E-state index is 12.3. The second-order valence-electron chi connectivity index (χ2n) is 5.38. The lowest BCUT2D eigenvalue weighted by Crippen LogP contribution is -2.45. The normalized spacial score (nSPS) is 21.3. The highest BCUT2D eigenvalue weighted by molar-refractivity contribution is 6.02. The summed E-state index contributed by atoms with van der Waals surface area (Å²) in [4.78, 5) is 14.5. The summed E-state index contributed by atoms with van der Waals surface area (Å²) in [5.41, 5.74) is 3.15. The SMILES string of the molecule is COc1ccc(C=C2C(=O)C3CCN2CC3)c(C)c1. The number of rotatable bonds is 2. The van der Waals surface area contributed by atoms with Crippen LogP contribution < -0.4 is 4.74 Å². The third-order valence-corrected chi connectivity index (χ3v) is 4.23. The smallest absolute Gasteiger partial charge is 0.182 e. The van der Waals surface area contributed by atoms with Gasteiger partial charge in [-0.2, -0.15) is 0 Å². The van der Waals surface area contributed by atoms with E-state index in [1.165, 1.54) is 0 Å². The molecule has 1 aromatic rings. The Balaban J connectivity index is 1.95. The Kier molecular flexibility index (Phi) is 3.05. The van der Waals surface area contributed by atoms with Crippen LogP contribution in [0.25, 0.3) is 6.08 Å². The number of allylic oxidation sites excluding steroid dienone is 1. The van der Waals surface area contributed by atoms with E-state index in [9.17, 15) is 4.79 Å². The van der Waals surface area contributed by atoms with Crippen LogP contribution in [-0.4, -0.2) is 30.9 Å². The van der Waals surface area contributed by atoms with Gasteiger partial charge in [-0.15, -0.1) is 0 Å². The molecular weight excluding hydrogens is 238 g/mol. The number of aryl methyl sites for hydroxylation is 1. The quantitative estimate of drug-likeness (QED) is 0.763. The highest BCUT2D eigenvalue weighted by Gasteiger charge is 2.36. The molecule has 3 heterocycles. The lowest BCUT2D eigenvalue weighted by molar-refractivity contribution is -0.125. The zero-order valence-electron chi connectivity index (χ0n) is 11.5. The molecule has 0 N–H and O–H groups in total. The first kappa shape index (κ1) is 12.3. The van der Waals surface area contributed by atoms with Crippen LogP contribution in [0.1, 0.15) is 24.0 Å². The molecule has 0 aromatic heterocycles. The van der Waals surface area contributed by atoms with Crippen molar-refractivity contribution in [2.24, 2.45) is 5.92 Å². The number of nitrogens with zero attached hydrogens (tertiary/aromatic N) is 1. The molecule has 0 saturated carbocycles. The van der Waals surface area contributed by atoms with Crippen molar-refractivity contribution in [2.75, 3.05) is 20.2 Å². The number of ketones is 1. The molecule has 3 aliphatic heterocycles. The lowest BCUT2D eigenvalue weighted by atomic mass is 9.84. The molecule has 100 valence electrons. The molecule has 0 spiro atoms. The molecule has 0 aliphatic carbocycles. The van der Waals surface area contributed by atoms with Crippen molar-refractivity contribution in [1.82, 2.24) is 4.90 Å². The second-order valence-corrected chi connectivity index (χ2v) is 5.38. The third-order valence-electron chi connectivity index (χ3n) is 4.23. The Hall–Kier alpha value is -1.77. The number of benzene rings is 1. The minimum absolute atomic E-state index is 0.259. The largest absolute Gasteiger partial charge is 0.497 e. The van der Waals surface area contributed by atoms with Crippen molar-refractivity contribution in [2.45, 2.75) is 19.8 Å². The summed E-state index contributed by atoms with van der Waals surface area (Å²) in [5.74, 6) is 1.44. The summed E-state index contributed by atoms with van der Waals surface area (Å²) in [5, 5.41) is 0. The molecule has 3 aliphatic rings. The standard InChI is InChI=1S/C16H19NO2/c1-11-9-14(19-2)4-3-13(11)10-15-16(18)12-5-7-17(15)8-6-12/h3-4,9-10,12H,5-8H2,1-2H3. The number of hydrogen-bond acceptors (Lipinski definition) is 3. The van der Waals surface area contributed by atoms with E-state index in [2.05, 4.69) is 11.8 Å². The van der Waals surface area contributed by atoms with Gasteiger partial charge in [-0.25, -0.2) is 0 Å². The van der Waals surface area contributed by atoms with Gasteiger partial charge in [-0.3, -0.25) is 4.79 Å². The molecule has 4 rings (SSSR count). The number of hydrogen-bond donors (Lipinski definition) is 0. The van der Waals surface area contributed by atoms with Crippen LogP contribution in [0.15, 0.2) is 23.9 Å². The molecule has 3 nitrogen and oxygen atoms in total. The topological polar surface area (TPSA) is 29.5 Å². The van der Waals surface area contributed by atoms with Crippen LogP contribution in [0.2, 0.25) is 0 Å². The van der Waals surface area contributed by atoms with E-state index >= 15 is 0 Å². The van der Waals surface area contributed by atoms with Gasteiger partial charge in [-0.05, 0) is 49.1 Å². The van der Waals surface area contributed by atoms with Crippen molar-refractivity contribution < 1.29 is 9.53 Å². The fourth-order valence-corrected chi connectivity index (χ4v) is 2.99. The number of carbonyl (C=O) groups excluding carboxylic acids is 1. The summed E-state index contributed by atoms with van der Waals surface area (Å²) >= 11 is 0. The molecule has 3 heteroatoms. The zero-order valence-corrected chi connectivity index (χ0v) is 11.5. The molecule has 0 unspecified atom stereocenters. The van der Waals surface area contributed by atoms with Crippen molar-refractivity contribution in [3.05, 3.63) is 35.0 Å². The number of methoxy groups -OCH3 is 1. The van der Waals surface area contributed by atoms with Crippen molar-refractivity contribution in [1.29, 1.82) is 0 Å².